The number of halogens is 2. The van der Waals surface area contributed by atoms with Crippen LogP contribution in [0.25, 0.3) is 0 Å². The number of benzene rings is 2. The maximum Gasteiger partial charge on any atom is 0.191 e. The lowest BCUT2D eigenvalue weighted by Gasteiger charge is -2.18. The number of hydrogen-bond donors (Lipinski definition) is 3. The fraction of sp³-hybridized carbons (Fsp3) is 0.409. The number of aliphatic hydroxyl groups is 1. The number of aliphatic imine (C=N–C) groups is 1. The maximum atomic E-state index is 13.7. The molecule has 2 aromatic carbocycles. The van der Waals surface area contributed by atoms with Gasteiger partial charge in [0.25, 0.3) is 0 Å². The third-order valence-electron chi connectivity index (χ3n) is 4.31. The van der Waals surface area contributed by atoms with E-state index >= 15 is 0 Å². The minimum Gasteiger partial charge on any atom is -0.389 e. The van der Waals surface area contributed by atoms with Gasteiger partial charge in [-0.1, -0.05) is 42.5 Å². The molecule has 2 atom stereocenters. The average Bonchev–Trinajstić information content (AvgIpc) is 2.71. The van der Waals surface area contributed by atoms with Crippen LogP contribution >= 0.6 is 24.0 Å². The number of hydrogen-bond acceptors (Lipinski definition) is 3. The molecule has 2 rings (SSSR count). The molecule has 29 heavy (non-hydrogen) atoms. The summed E-state index contributed by atoms with van der Waals surface area (Å²) < 4.78 is 19.4. The number of ether oxygens (including phenoxy) is 1. The second-order valence-corrected chi connectivity index (χ2v) is 6.70. The summed E-state index contributed by atoms with van der Waals surface area (Å²) in [5.74, 6) is 0.337. The van der Waals surface area contributed by atoms with Gasteiger partial charge in [-0.15, -0.1) is 24.0 Å². The third-order valence-corrected chi connectivity index (χ3v) is 4.31. The van der Waals surface area contributed by atoms with E-state index in [1.807, 2.05) is 50.2 Å². The molecule has 7 heteroatoms. The molecule has 2 unspecified atom stereocenters. The highest BCUT2D eigenvalue weighted by Crippen LogP contribution is 2.15. The van der Waals surface area contributed by atoms with Crippen molar-refractivity contribution in [3.63, 3.8) is 0 Å². The van der Waals surface area contributed by atoms with E-state index < -0.39 is 6.10 Å². The first-order chi connectivity index (χ1) is 13.5. The van der Waals surface area contributed by atoms with Crippen molar-refractivity contribution in [1.29, 1.82) is 0 Å². The Labute approximate surface area is 189 Å². The Kier molecular flexibility index (Phi) is 11.8. The average molecular weight is 515 g/mol. The lowest BCUT2D eigenvalue weighted by atomic mass is 10.1. The van der Waals surface area contributed by atoms with Gasteiger partial charge in [-0.3, -0.25) is 0 Å². The summed E-state index contributed by atoms with van der Waals surface area (Å²) in [6.07, 6.45) is -0.763. The minimum absolute atomic E-state index is 0. The molecule has 0 fully saturated rings. The minimum atomic E-state index is -0.674. The third kappa shape index (κ3) is 9.10. The monoisotopic (exact) mass is 515 g/mol. The Balaban J connectivity index is 0.00000420. The molecule has 0 spiro atoms. The van der Waals surface area contributed by atoms with Gasteiger partial charge >= 0.3 is 0 Å². The molecule has 0 saturated carbocycles. The zero-order valence-corrected chi connectivity index (χ0v) is 19.5. The molecule has 0 aromatic heterocycles. The van der Waals surface area contributed by atoms with E-state index in [0.29, 0.717) is 31.2 Å². The molecule has 0 radical (unpaired) electrons. The van der Waals surface area contributed by atoms with E-state index in [9.17, 15) is 9.50 Å². The van der Waals surface area contributed by atoms with Crippen LogP contribution in [0.5, 0.6) is 0 Å². The van der Waals surface area contributed by atoms with Gasteiger partial charge in [-0.05, 0) is 43.5 Å². The first-order valence-electron chi connectivity index (χ1n) is 9.61. The van der Waals surface area contributed by atoms with E-state index in [4.69, 9.17) is 4.74 Å². The molecule has 3 N–H and O–H groups in total. The van der Waals surface area contributed by atoms with Crippen molar-refractivity contribution in [2.45, 2.75) is 39.5 Å². The van der Waals surface area contributed by atoms with Crippen LogP contribution in [0, 0.1) is 12.7 Å². The van der Waals surface area contributed by atoms with Crippen LogP contribution in [0.1, 0.15) is 36.6 Å². The second kappa shape index (κ2) is 13.5. The lowest BCUT2D eigenvalue weighted by molar-refractivity contribution is -0.000599. The van der Waals surface area contributed by atoms with Crippen molar-refractivity contribution in [2.24, 2.45) is 4.99 Å². The smallest absolute Gasteiger partial charge is 0.191 e. The molecule has 0 amide bonds. The van der Waals surface area contributed by atoms with Gasteiger partial charge < -0.3 is 20.5 Å². The summed E-state index contributed by atoms with van der Waals surface area (Å²) >= 11 is 0. The Morgan fingerprint density at radius 1 is 1.17 bits per heavy atom. The van der Waals surface area contributed by atoms with Crippen molar-refractivity contribution in [1.82, 2.24) is 10.6 Å². The van der Waals surface area contributed by atoms with Crippen molar-refractivity contribution in [2.75, 3.05) is 19.7 Å². The highest BCUT2D eigenvalue weighted by atomic mass is 127. The molecule has 0 saturated heterocycles. The molecule has 0 heterocycles. The molecule has 5 nitrogen and oxygen atoms in total. The topological polar surface area (TPSA) is 65.9 Å². The van der Waals surface area contributed by atoms with Crippen molar-refractivity contribution >= 4 is 29.9 Å². The van der Waals surface area contributed by atoms with Crippen LogP contribution < -0.4 is 10.6 Å². The summed E-state index contributed by atoms with van der Waals surface area (Å²) in [6, 6.07) is 15.0. The number of nitrogens with one attached hydrogen (secondary N) is 2. The molecular formula is C22H31FIN3O2. The van der Waals surface area contributed by atoms with Gasteiger partial charge in [-0.2, -0.15) is 0 Å². The summed E-state index contributed by atoms with van der Waals surface area (Å²) in [5, 5.41) is 16.4. The fourth-order valence-electron chi connectivity index (χ4n) is 2.60. The lowest BCUT2D eigenvalue weighted by Crippen LogP contribution is -2.42. The second-order valence-electron chi connectivity index (χ2n) is 6.70. The van der Waals surface area contributed by atoms with E-state index in [2.05, 4.69) is 15.6 Å². The summed E-state index contributed by atoms with van der Waals surface area (Å²) in [7, 11) is 0. The number of rotatable bonds is 9. The Morgan fingerprint density at radius 2 is 1.90 bits per heavy atom. The van der Waals surface area contributed by atoms with E-state index in [1.165, 1.54) is 6.07 Å². The zero-order valence-electron chi connectivity index (χ0n) is 17.2. The standard InChI is InChI=1S/C22H30FN3O2.HI/c1-4-24-22(25-13-18-11-10-16(2)21(23)12-18)26-14-20(27)15-28-17(3)19-8-6-5-7-9-19;/h5-12,17,20,27H,4,13-15H2,1-3H3,(H2,24,25,26);1H. The van der Waals surface area contributed by atoms with E-state index in [0.717, 1.165) is 11.1 Å². The highest BCUT2D eigenvalue weighted by Gasteiger charge is 2.10. The van der Waals surface area contributed by atoms with E-state index in [1.54, 1.807) is 13.0 Å². The molecule has 160 valence electrons. The predicted molar refractivity (Wildman–Crippen MR) is 126 cm³/mol. The van der Waals surface area contributed by atoms with Gasteiger partial charge in [0.2, 0.25) is 0 Å². The normalized spacial score (nSPS) is 13.3. The largest absolute Gasteiger partial charge is 0.389 e. The van der Waals surface area contributed by atoms with Crippen LogP contribution in [0.3, 0.4) is 0 Å². The van der Waals surface area contributed by atoms with Crippen LogP contribution in [0.15, 0.2) is 53.5 Å². The van der Waals surface area contributed by atoms with Gasteiger partial charge in [0, 0.05) is 13.1 Å². The Morgan fingerprint density at radius 3 is 2.55 bits per heavy atom. The van der Waals surface area contributed by atoms with Crippen LogP contribution in [-0.4, -0.2) is 36.9 Å². The van der Waals surface area contributed by atoms with Gasteiger partial charge in [0.1, 0.15) is 5.82 Å². The SMILES string of the molecule is CCNC(=NCc1ccc(C)c(F)c1)NCC(O)COC(C)c1ccccc1.I. The van der Waals surface area contributed by atoms with Gasteiger partial charge in [0.15, 0.2) is 5.96 Å². The maximum absolute atomic E-state index is 13.7. The molecule has 2 aromatic rings. The van der Waals surface area contributed by atoms with Crippen molar-refractivity contribution in [3.8, 4) is 0 Å². The van der Waals surface area contributed by atoms with Crippen LogP contribution in [0.2, 0.25) is 0 Å². The van der Waals surface area contributed by atoms with Crippen LogP contribution in [0.4, 0.5) is 4.39 Å². The first kappa shape index (κ1) is 25.3. The van der Waals surface area contributed by atoms with Gasteiger partial charge in [-0.25, -0.2) is 9.38 Å². The molecule has 0 bridgehead atoms. The predicted octanol–water partition coefficient (Wildman–Crippen LogP) is 3.95. The van der Waals surface area contributed by atoms with Gasteiger partial charge in [0.05, 0.1) is 25.4 Å². The highest BCUT2D eigenvalue weighted by molar-refractivity contribution is 14.0. The number of aryl methyl sites for hydroxylation is 1. The summed E-state index contributed by atoms with van der Waals surface area (Å²) in [4.78, 5) is 4.45. The molecule has 0 aliphatic carbocycles. The summed E-state index contributed by atoms with van der Waals surface area (Å²) in [5.41, 5.74) is 2.48. The van der Waals surface area contributed by atoms with Crippen LogP contribution in [-0.2, 0) is 11.3 Å². The van der Waals surface area contributed by atoms with E-state index in [-0.39, 0.29) is 42.5 Å². The van der Waals surface area contributed by atoms with Crippen molar-refractivity contribution < 1.29 is 14.2 Å². The molecular weight excluding hydrogens is 484 g/mol. The number of aliphatic hydroxyl groups excluding tert-OH is 1. The Hall–Kier alpha value is -1.71. The number of guanidine groups is 1. The number of nitrogens with zero attached hydrogens (tertiary/aromatic N) is 1. The first-order valence-corrected chi connectivity index (χ1v) is 9.61. The zero-order chi connectivity index (χ0) is 20.4. The fourth-order valence-corrected chi connectivity index (χ4v) is 2.60. The quantitative estimate of drug-likeness (QED) is 0.269. The van der Waals surface area contributed by atoms with Crippen molar-refractivity contribution in [3.05, 3.63) is 71.0 Å². The summed E-state index contributed by atoms with van der Waals surface area (Å²) in [6.45, 7) is 7.21. The molecule has 0 aliphatic heterocycles. The molecule has 0 aliphatic rings. The Bertz CT molecular complexity index is 759.